The van der Waals surface area contributed by atoms with Crippen LogP contribution in [0.5, 0.6) is 0 Å². The van der Waals surface area contributed by atoms with E-state index >= 15 is 0 Å². The summed E-state index contributed by atoms with van der Waals surface area (Å²) < 4.78 is 5.03. The number of ether oxygens (including phenoxy) is 1. The molecule has 160 valence electrons. The summed E-state index contributed by atoms with van der Waals surface area (Å²) in [6.07, 6.45) is 0.752. The molecule has 6 heteroatoms. The molecule has 2 aromatic rings. The van der Waals surface area contributed by atoms with Gasteiger partial charge in [0, 0.05) is 25.2 Å². The summed E-state index contributed by atoms with van der Waals surface area (Å²) in [6, 6.07) is 14.2. The maximum atomic E-state index is 13.5. The van der Waals surface area contributed by atoms with Gasteiger partial charge in [-0.3, -0.25) is 9.59 Å². The molecule has 1 aliphatic rings. The minimum atomic E-state index is -0.451. The van der Waals surface area contributed by atoms with Crippen molar-refractivity contribution in [2.45, 2.75) is 43.9 Å². The Labute approximate surface area is 183 Å². The molecule has 2 atom stereocenters. The summed E-state index contributed by atoms with van der Waals surface area (Å²) >= 11 is 1.49. The van der Waals surface area contributed by atoms with Crippen molar-refractivity contribution in [3.63, 3.8) is 0 Å². The number of benzene rings is 2. The third-order valence-corrected chi connectivity index (χ3v) is 6.91. The van der Waals surface area contributed by atoms with Gasteiger partial charge in [-0.1, -0.05) is 42.8 Å². The average molecular weight is 427 g/mol. The molecule has 0 aromatic heterocycles. The molecule has 0 bridgehead atoms. The van der Waals surface area contributed by atoms with E-state index in [0.717, 1.165) is 28.1 Å². The first-order valence-electron chi connectivity index (χ1n) is 10.3. The molecule has 2 aromatic carbocycles. The average Bonchev–Trinajstić information content (AvgIpc) is 2.74. The lowest BCUT2D eigenvalue weighted by molar-refractivity contribution is -0.128. The molecule has 0 radical (unpaired) electrons. The van der Waals surface area contributed by atoms with Crippen LogP contribution in [-0.4, -0.2) is 37.3 Å². The molecule has 2 unspecified atom stereocenters. The van der Waals surface area contributed by atoms with Crippen LogP contribution in [-0.2, 0) is 20.9 Å². The number of nitrogens with one attached hydrogen (secondary N) is 1. The number of carbonyl (C=O) groups excluding carboxylic acids is 2. The van der Waals surface area contributed by atoms with Gasteiger partial charge in [0.1, 0.15) is 5.25 Å². The highest BCUT2D eigenvalue weighted by Gasteiger charge is 2.39. The van der Waals surface area contributed by atoms with Crippen molar-refractivity contribution in [3.05, 3.63) is 59.2 Å². The molecule has 0 saturated heterocycles. The number of carbonyl (C=O) groups is 2. The summed E-state index contributed by atoms with van der Waals surface area (Å²) in [5, 5.41) is 2.49. The van der Waals surface area contributed by atoms with E-state index in [1.807, 2.05) is 36.1 Å². The van der Waals surface area contributed by atoms with Gasteiger partial charge in [0.2, 0.25) is 11.8 Å². The number of nitrogens with zero attached hydrogens (tertiary/aromatic N) is 1. The molecule has 2 amide bonds. The molecule has 0 fully saturated rings. The molecule has 1 aliphatic heterocycles. The molecule has 0 aliphatic carbocycles. The molecular formula is C24H30N2O3S. The largest absolute Gasteiger partial charge is 0.385 e. The predicted octanol–water partition coefficient (Wildman–Crippen LogP) is 4.10. The molecule has 1 N–H and O–H groups in total. The number of thioether (sulfide) groups is 1. The van der Waals surface area contributed by atoms with Crippen LogP contribution in [0.2, 0.25) is 0 Å². The normalized spacial score (nSPS) is 16.9. The summed E-state index contributed by atoms with van der Waals surface area (Å²) in [5.41, 5.74) is 4.37. The SMILES string of the molecule is COCCCNC(=O)C(C)C1Sc2ccccc2N(Cc2cc(C)ccc2C)C1=O. The number of methoxy groups -OCH3 is 1. The summed E-state index contributed by atoms with van der Waals surface area (Å²) in [7, 11) is 1.64. The molecule has 5 nitrogen and oxygen atoms in total. The Morgan fingerprint density at radius 3 is 2.77 bits per heavy atom. The van der Waals surface area contributed by atoms with Crippen LogP contribution >= 0.6 is 11.8 Å². The number of aryl methyl sites for hydroxylation is 2. The molecule has 30 heavy (non-hydrogen) atoms. The summed E-state index contributed by atoms with van der Waals surface area (Å²) in [6.45, 7) is 7.61. The van der Waals surface area contributed by atoms with E-state index in [4.69, 9.17) is 4.74 Å². The van der Waals surface area contributed by atoms with Crippen molar-refractivity contribution < 1.29 is 14.3 Å². The Morgan fingerprint density at radius 1 is 1.23 bits per heavy atom. The van der Waals surface area contributed by atoms with Gasteiger partial charge in [0.15, 0.2) is 0 Å². The maximum Gasteiger partial charge on any atom is 0.241 e. The number of amides is 2. The van der Waals surface area contributed by atoms with Crippen LogP contribution < -0.4 is 10.2 Å². The highest BCUT2D eigenvalue weighted by molar-refractivity contribution is 8.01. The third kappa shape index (κ3) is 5.05. The minimum Gasteiger partial charge on any atom is -0.385 e. The number of anilines is 1. The van der Waals surface area contributed by atoms with E-state index in [9.17, 15) is 9.59 Å². The van der Waals surface area contributed by atoms with E-state index in [-0.39, 0.29) is 11.8 Å². The standard InChI is InChI=1S/C24H30N2O3S/c1-16-10-11-17(2)19(14-16)15-26-20-8-5-6-9-21(20)30-22(24(26)28)18(3)23(27)25-12-7-13-29-4/h5-6,8-11,14,18,22H,7,12-13,15H2,1-4H3,(H,25,27). The topological polar surface area (TPSA) is 58.6 Å². The quantitative estimate of drug-likeness (QED) is 0.646. The van der Waals surface area contributed by atoms with E-state index in [2.05, 4.69) is 37.4 Å². The number of hydrogen-bond acceptors (Lipinski definition) is 4. The van der Waals surface area contributed by atoms with Gasteiger partial charge in [-0.2, -0.15) is 0 Å². The van der Waals surface area contributed by atoms with Crippen molar-refractivity contribution in [1.82, 2.24) is 5.32 Å². The van der Waals surface area contributed by atoms with Crippen LogP contribution in [0.1, 0.15) is 30.0 Å². The van der Waals surface area contributed by atoms with Gasteiger partial charge in [-0.05, 0) is 43.5 Å². The van der Waals surface area contributed by atoms with Gasteiger partial charge >= 0.3 is 0 Å². The van der Waals surface area contributed by atoms with Crippen molar-refractivity contribution in [2.75, 3.05) is 25.2 Å². The monoisotopic (exact) mass is 426 g/mol. The zero-order valence-corrected chi connectivity index (χ0v) is 18.9. The molecule has 3 rings (SSSR count). The van der Waals surface area contributed by atoms with Gasteiger partial charge in [0.25, 0.3) is 0 Å². The smallest absolute Gasteiger partial charge is 0.241 e. The van der Waals surface area contributed by atoms with Crippen LogP contribution in [0.4, 0.5) is 5.69 Å². The van der Waals surface area contributed by atoms with Crippen LogP contribution in [0, 0.1) is 19.8 Å². The molecule has 0 spiro atoms. The first-order chi connectivity index (χ1) is 14.4. The second-order valence-electron chi connectivity index (χ2n) is 7.79. The van der Waals surface area contributed by atoms with E-state index in [1.54, 1.807) is 7.11 Å². The van der Waals surface area contributed by atoms with Gasteiger partial charge in [0.05, 0.1) is 18.2 Å². The summed E-state index contributed by atoms with van der Waals surface area (Å²) in [4.78, 5) is 29.1. The highest BCUT2D eigenvalue weighted by Crippen LogP contribution is 2.42. The zero-order valence-electron chi connectivity index (χ0n) is 18.1. The second-order valence-corrected chi connectivity index (χ2v) is 8.97. The molecule has 0 saturated carbocycles. The van der Waals surface area contributed by atoms with Gasteiger partial charge < -0.3 is 15.0 Å². The minimum absolute atomic E-state index is 0.0147. The Bertz CT molecular complexity index is 915. The highest BCUT2D eigenvalue weighted by atomic mass is 32.2. The van der Waals surface area contributed by atoms with Crippen molar-refractivity contribution in [2.24, 2.45) is 5.92 Å². The Morgan fingerprint density at radius 2 is 2.00 bits per heavy atom. The number of fused-ring (bicyclic) bond motifs is 1. The van der Waals surface area contributed by atoms with Crippen LogP contribution in [0.15, 0.2) is 47.4 Å². The maximum absolute atomic E-state index is 13.5. The molecular weight excluding hydrogens is 396 g/mol. The first-order valence-corrected chi connectivity index (χ1v) is 11.2. The zero-order chi connectivity index (χ0) is 21.7. The van der Waals surface area contributed by atoms with E-state index in [1.165, 1.54) is 17.3 Å². The van der Waals surface area contributed by atoms with Gasteiger partial charge in [-0.25, -0.2) is 0 Å². The van der Waals surface area contributed by atoms with Crippen LogP contribution in [0.3, 0.4) is 0 Å². The number of hydrogen-bond donors (Lipinski definition) is 1. The third-order valence-electron chi connectivity index (χ3n) is 5.44. The Balaban J connectivity index is 1.83. The summed E-state index contributed by atoms with van der Waals surface area (Å²) in [5.74, 6) is -0.540. The first kappa shape index (κ1) is 22.4. The molecule has 1 heterocycles. The number of rotatable bonds is 8. The lowest BCUT2D eigenvalue weighted by Gasteiger charge is -2.36. The fourth-order valence-corrected chi connectivity index (χ4v) is 4.87. The Hall–Kier alpha value is -2.31. The van der Waals surface area contributed by atoms with E-state index < -0.39 is 11.2 Å². The lowest BCUT2D eigenvalue weighted by Crippen LogP contribution is -2.47. The van der Waals surface area contributed by atoms with Gasteiger partial charge in [-0.15, -0.1) is 11.8 Å². The van der Waals surface area contributed by atoms with Crippen molar-refractivity contribution in [3.8, 4) is 0 Å². The fourth-order valence-electron chi connectivity index (χ4n) is 3.59. The predicted molar refractivity (Wildman–Crippen MR) is 122 cm³/mol. The second kappa shape index (κ2) is 10.1. The van der Waals surface area contributed by atoms with Crippen molar-refractivity contribution in [1.29, 1.82) is 0 Å². The number of para-hydroxylation sites is 1. The fraction of sp³-hybridized carbons (Fsp3) is 0.417. The Kier molecular flexibility index (Phi) is 7.56. The van der Waals surface area contributed by atoms with E-state index in [0.29, 0.717) is 19.7 Å². The lowest BCUT2D eigenvalue weighted by atomic mass is 10.0. The van der Waals surface area contributed by atoms with Crippen LogP contribution in [0.25, 0.3) is 0 Å². The van der Waals surface area contributed by atoms with Crippen molar-refractivity contribution >= 4 is 29.3 Å².